The van der Waals surface area contributed by atoms with Gasteiger partial charge in [0.05, 0.1) is 24.4 Å². The number of rotatable bonds is 8. The molecule has 0 spiro atoms. The summed E-state index contributed by atoms with van der Waals surface area (Å²) in [6, 6.07) is 5.49. The lowest BCUT2D eigenvalue weighted by atomic mass is 9.97. The number of methoxy groups -OCH3 is 2. The fourth-order valence-corrected chi connectivity index (χ4v) is 3.26. The van der Waals surface area contributed by atoms with E-state index in [4.69, 9.17) is 14.2 Å². The number of carbonyl (C=O) groups excluding carboxylic acids is 2. The number of anilines is 2. The lowest BCUT2D eigenvalue weighted by Crippen LogP contribution is -2.45. The molecule has 2 N–H and O–H groups in total. The predicted molar refractivity (Wildman–Crippen MR) is 117 cm³/mol. The second kappa shape index (κ2) is 11.1. The van der Waals surface area contributed by atoms with E-state index in [2.05, 4.69) is 10.6 Å². The van der Waals surface area contributed by atoms with Crippen LogP contribution in [0.15, 0.2) is 18.2 Å². The van der Waals surface area contributed by atoms with Crippen LogP contribution in [0.2, 0.25) is 0 Å². The monoisotopic (exact) mass is 421 g/mol. The quantitative estimate of drug-likeness (QED) is 0.622. The first-order valence-electron chi connectivity index (χ1n) is 10.4. The third-order valence-corrected chi connectivity index (χ3v) is 4.77. The lowest BCUT2D eigenvalue weighted by molar-refractivity contribution is -0.121. The van der Waals surface area contributed by atoms with Gasteiger partial charge in [0.25, 0.3) is 0 Å². The molecule has 1 aliphatic heterocycles. The highest BCUT2D eigenvalue weighted by Crippen LogP contribution is 2.29. The predicted octanol–water partition coefficient (Wildman–Crippen LogP) is 3.73. The largest absolute Gasteiger partial charge is 0.497 e. The number of benzene rings is 1. The van der Waals surface area contributed by atoms with Gasteiger partial charge in [-0.3, -0.25) is 4.79 Å². The number of carbonyl (C=O) groups is 2. The van der Waals surface area contributed by atoms with Crippen molar-refractivity contribution < 1.29 is 23.8 Å². The molecule has 1 unspecified atom stereocenters. The van der Waals surface area contributed by atoms with Crippen LogP contribution >= 0.6 is 0 Å². The molecule has 0 radical (unpaired) electrons. The normalized spacial score (nSPS) is 16.7. The lowest BCUT2D eigenvalue weighted by Gasteiger charge is -2.33. The maximum atomic E-state index is 12.9. The van der Waals surface area contributed by atoms with E-state index in [1.54, 1.807) is 19.1 Å². The average Bonchev–Trinajstić information content (AvgIpc) is 2.71. The summed E-state index contributed by atoms with van der Waals surface area (Å²) in [5, 5.41) is 6.34. The molecule has 1 fully saturated rings. The van der Waals surface area contributed by atoms with Crippen molar-refractivity contribution in [1.29, 1.82) is 0 Å². The topological polar surface area (TPSA) is 89.1 Å². The van der Waals surface area contributed by atoms with Crippen molar-refractivity contribution in [2.75, 3.05) is 51.1 Å². The van der Waals surface area contributed by atoms with Crippen molar-refractivity contribution in [3.8, 4) is 5.75 Å². The van der Waals surface area contributed by atoms with Gasteiger partial charge in [-0.25, -0.2) is 4.79 Å². The number of nitrogens with one attached hydrogen (secondary N) is 2. The Labute approximate surface area is 179 Å². The van der Waals surface area contributed by atoms with Gasteiger partial charge in [-0.15, -0.1) is 0 Å². The molecule has 8 heteroatoms. The van der Waals surface area contributed by atoms with Crippen molar-refractivity contribution in [3.63, 3.8) is 0 Å². The number of likely N-dealkylation sites (tertiary alicyclic amines) is 1. The summed E-state index contributed by atoms with van der Waals surface area (Å²) in [5.74, 6) is 0.319. The van der Waals surface area contributed by atoms with Crippen molar-refractivity contribution >= 4 is 23.4 Å². The van der Waals surface area contributed by atoms with Gasteiger partial charge in [0.15, 0.2) is 0 Å². The minimum Gasteiger partial charge on any atom is -0.497 e. The van der Waals surface area contributed by atoms with Crippen LogP contribution in [0.25, 0.3) is 0 Å². The van der Waals surface area contributed by atoms with Crippen LogP contribution in [0.3, 0.4) is 0 Å². The third-order valence-electron chi connectivity index (χ3n) is 4.77. The molecule has 2 rings (SSSR count). The Balaban J connectivity index is 2.02. The molecular weight excluding hydrogens is 386 g/mol. The molecule has 0 bridgehead atoms. The first-order valence-corrected chi connectivity index (χ1v) is 10.4. The number of amides is 2. The zero-order valence-electron chi connectivity index (χ0n) is 18.7. The van der Waals surface area contributed by atoms with Gasteiger partial charge < -0.3 is 29.7 Å². The van der Waals surface area contributed by atoms with Crippen molar-refractivity contribution in [2.45, 2.75) is 45.6 Å². The van der Waals surface area contributed by atoms with E-state index in [1.165, 1.54) is 0 Å². The molecule has 1 atom stereocenters. The molecule has 0 aromatic heterocycles. The molecule has 1 saturated heterocycles. The Morgan fingerprint density at radius 1 is 1.20 bits per heavy atom. The van der Waals surface area contributed by atoms with Crippen LogP contribution < -0.4 is 15.4 Å². The molecule has 1 heterocycles. The van der Waals surface area contributed by atoms with Gasteiger partial charge >= 0.3 is 6.09 Å². The van der Waals surface area contributed by atoms with Crippen LogP contribution in [0, 0.1) is 5.92 Å². The van der Waals surface area contributed by atoms with Crippen molar-refractivity contribution in [1.82, 2.24) is 4.90 Å². The Kier molecular flexibility index (Phi) is 8.77. The minimum absolute atomic E-state index is 0.103. The van der Waals surface area contributed by atoms with Gasteiger partial charge in [0.2, 0.25) is 5.91 Å². The average molecular weight is 422 g/mol. The van der Waals surface area contributed by atoms with Crippen LogP contribution in [0.5, 0.6) is 5.75 Å². The molecule has 168 valence electrons. The Hall–Kier alpha value is -2.48. The zero-order valence-corrected chi connectivity index (χ0v) is 18.7. The summed E-state index contributed by atoms with van der Waals surface area (Å²) < 4.78 is 15.8. The van der Waals surface area contributed by atoms with E-state index in [-0.39, 0.29) is 17.9 Å². The SMILES string of the molecule is COCCCNc1cc(OC)ccc1NC(=O)C1CCCN(C(=O)OC(C)(C)C)C1. The standard InChI is InChI=1S/C22H35N3O5/c1-22(2,3)30-21(27)25-12-6-8-16(15-25)20(26)24-18-10-9-17(29-5)14-19(18)23-11-7-13-28-4/h9-10,14,16,23H,6-8,11-13,15H2,1-5H3,(H,24,26). The number of nitrogens with zero attached hydrogens (tertiary/aromatic N) is 1. The molecule has 1 aliphatic rings. The Morgan fingerprint density at radius 2 is 1.97 bits per heavy atom. The molecule has 1 aromatic rings. The van der Waals surface area contributed by atoms with E-state index >= 15 is 0 Å². The maximum Gasteiger partial charge on any atom is 0.410 e. The Morgan fingerprint density at radius 3 is 2.63 bits per heavy atom. The third kappa shape index (κ3) is 7.40. The Bertz CT molecular complexity index is 717. The van der Waals surface area contributed by atoms with Gasteiger partial charge in [-0.05, 0) is 52.2 Å². The molecular formula is C22H35N3O5. The molecule has 0 saturated carbocycles. The number of hydrogen-bond donors (Lipinski definition) is 2. The number of piperidine rings is 1. The first-order chi connectivity index (χ1) is 14.2. The number of ether oxygens (including phenoxy) is 3. The zero-order chi connectivity index (χ0) is 22.1. The first kappa shape index (κ1) is 23.8. The smallest absolute Gasteiger partial charge is 0.410 e. The van der Waals surface area contributed by atoms with E-state index in [1.807, 2.05) is 39.0 Å². The van der Waals surface area contributed by atoms with E-state index < -0.39 is 5.60 Å². The van der Waals surface area contributed by atoms with Crippen molar-refractivity contribution in [2.24, 2.45) is 5.92 Å². The fourth-order valence-electron chi connectivity index (χ4n) is 3.26. The van der Waals surface area contributed by atoms with Crippen molar-refractivity contribution in [3.05, 3.63) is 18.2 Å². The van der Waals surface area contributed by atoms with E-state index in [9.17, 15) is 9.59 Å². The maximum absolute atomic E-state index is 12.9. The highest BCUT2D eigenvalue weighted by atomic mass is 16.6. The molecule has 30 heavy (non-hydrogen) atoms. The van der Waals surface area contributed by atoms with Crippen LogP contribution in [0.4, 0.5) is 16.2 Å². The number of hydrogen-bond acceptors (Lipinski definition) is 6. The summed E-state index contributed by atoms with van der Waals surface area (Å²) in [6.45, 7) is 7.83. The highest BCUT2D eigenvalue weighted by Gasteiger charge is 2.31. The molecule has 0 aliphatic carbocycles. The van der Waals surface area contributed by atoms with Gasteiger partial charge in [-0.1, -0.05) is 0 Å². The summed E-state index contributed by atoms with van der Waals surface area (Å²) >= 11 is 0. The molecule has 2 amide bonds. The summed E-state index contributed by atoms with van der Waals surface area (Å²) in [7, 11) is 3.28. The fraction of sp³-hybridized carbons (Fsp3) is 0.636. The second-order valence-electron chi connectivity index (χ2n) is 8.44. The highest BCUT2D eigenvalue weighted by molar-refractivity contribution is 5.96. The summed E-state index contributed by atoms with van der Waals surface area (Å²) in [6.07, 6.45) is 1.97. The molecule has 1 aromatic carbocycles. The van der Waals surface area contributed by atoms with Gasteiger partial charge in [0, 0.05) is 39.4 Å². The molecule has 8 nitrogen and oxygen atoms in total. The van der Waals surface area contributed by atoms with Crippen LogP contribution in [0.1, 0.15) is 40.0 Å². The van der Waals surface area contributed by atoms with Gasteiger partial charge in [-0.2, -0.15) is 0 Å². The minimum atomic E-state index is -0.557. The van der Waals surface area contributed by atoms with E-state index in [0.29, 0.717) is 37.7 Å². The summed E-state index contributed by atoms with van der Waals surface area (Å²) in [5.41, 5.74) is 0.921. The van der Waals surface area contributed by atoms with Gasteiger partial charge in [0.1, 0.15) is 11.4 Å². The van der Waals surface area contributed by atoms with E-state index in [0.717, 1.165) is 24.9 Å². The van der Waals surface area contributed by atoms with Crippen LogP contribution in [-0.4, -0.2) is 63.0 Å². The van der Waals surface area contributed by atoms with Crippen LogP contribution in [-0.2, 0) is 14.3 Å². The summed E-state index contributed by atoms with van der Waals surface area (Å²) in [4.78, 5) is 26.9. The second-order valence-corrected chi connectivity index (χ2v) is 8.44.